The summed E-state index contributed by atoms with van der Waals surface area (Å²) in [5.41, 5.74) is 16.2. The summed E-state index contributed by atoms with van der Waals surface area (Å²) < 4.78 is 0. The van der Waals surface area contributed by atoms with Crippen molar-refractivity contribution in [2.45, 2.75) is 70.1 Å². The highest BCUT2D eigenvalue weighted by Gasteiger charge is 2.30. The number of aliphatic hydroxyl groups is 1. The average Bonchev–Trinajstić information content (AvgIpc) is 2.69. The molecule has 184 valence electrons. The van der Waals surface area contributed by atoms with Crippen LogP contribution in [-0.2, 0) is 24.0 Å². The summed E-state index contributed by atoms with van der Waals surface area (Å²) >= 11 is 0. The van der Waals surface area contributed by atoms with Gasteiger partial charge in [-0.2, -0.15) is 0 Å². The third kappa shape index (κ3) is 11.6. The van der Waals surface area contributed by atoms with Crippen LogP contribution in [-0.4, -0.2) is 77.1 Å². The first kappa shape index (κ1) is 29.2. The largest absolute Gasteiger partial charge is 0.480 e. The Balaban J connectivity index is 5.18. The number of carboxylic acids is 1. The number of carboxylic acid groups (broad SMARTS) is 1. The molecule has 0 aliphatic carbocycles. The highest BCUT2D eigenvalue weighted by atomic mass is 16.4. The molecule has 0 rings (SSSR count). The minimum atomic E-state index is -1.62. The van der Waals surface area contributed by atoms with Crippen molar-refractivity contribution < 1.29 is 34.2 Å². The second-order valence-electron chi connectivity index (χ2n) is 7.90. The predicted molar refractivity (Wildman–Crippen MR) is 115 cm³/mol. The molecule has 4 unspecified atom stereocenters. The second-order valence-corrected chi connectivity index (χ2v) is 7.90. The second kappa shape index (κ2) is 15.1. The number of nitrogens with two attached hydrogens (primary N) is 3. The number of carbonyl (C=O) groups excluding carboxylic acids is 4. The van der Waals surface area contributed by atoms with Gasteiger partial charge in [0.2, 0.25) is 23.6 Å². The van der Waals surface area contributed by atoms with E-state index in [9.17, 15) is 29.1 Å². The Bertz CT molecular complexity index is 658. The molecule has 13 heteroatoms. The number of hydrogen-bond donors (Lipinski definition) is 8. The standard InChI is InChI=1S/C19H36N6O7/c1-10(2)7-12(23-16(28)11(21)5-3-4-6-20)17(29)25-14(9-26)18(30)24-13(19(31)32)8-15(22)27/h10-14,26H,3-9,20-21H2,1-2H3,(H2,22,27)(H,23,28)(H,24,30)(H,25,29)(H,31,32). The number of primary amides is 1. The number of amides is 4. The van der Waals surface area contributed by atoms with E-state index in [1.54, 1.807) is 0 Å². The van der Waals surface area contributed by atoms with E-state index in [4.69, 9.17) is 22.3 Å². The maximum Gasteiger partial charge on any atom is 0.326 e. The molecule has 0 aliphatic heterocycles. The summed E-state index contributed by atoms with van der Waals surface area (Å²) in [7, 11) is 0. The number of nitrogens with one attached hydrogen (secondary N) is 3. The van der Waals surface area contributed by atoms with Crippen LogP contribution in [0.15, 0.2) is 0 Å². The van der Waals surface area contributed by atoms with Gasteiger partial charge in [0.1, 0.15) is 18.1 Å². The first-order valence-corrected chi connectivity index (χ1v) is 10.4. The van der Waals surface area contributed by atoms with E-state index in [2.05, 4.69) is 10.6 Å². The number of aliphatic hydroxyl groups excluding tert-OH is 1. The summed E-state index contributed by atoms with van der Waals surface area (Å²) in [5.74, 6) is -4.79. The molecule has 0 radical (unpaired) electrons. The van der Waals surface area contributed by atoms with Gasteiger partial charge in [-0.3, -0.25) is 19.2 Å². The van der Waals surface area contributed by atoms with Crippen LogP contribution in [0, 0.1) is 5.92 Å². The molecule has 0 fully saturated rings. The molecule has 32 heavy (non-hydrogen) atoms. The van der Waals surface area contributed by atoms with E-state index in [1.807, 2.05) is 19.2 Å². The first-order valence-electron chi connectivity index (χ1n) is 10.4. The Morgan fingerprint density at radius 3 is 1.88 bits per heavy atom. The van der Waals surface area contributed by atoms with Gasteiger partial charge in [0, 0.05) is 0 Å². The Kier molecular flexibility index (Phi) is 13.8. The van der Waals surface area contributed by atoms with Gasteiger partial charge >= 0.3 is 5.97 Å². The number of aliphatic carboxylic acids is 1. The van der Waals surface area contributed by atoms with Gasteiger partial charge in [-0.25, -0.2) is 4.79 Å². The lowest BCUT2D eigenvalue weighted by atomic mass is 10.0. The molecular weight excluding hydrogens is 424 g/mol. The van der Waals surface area contributed by atoms with E-state index in [-0.39, 0.29) is 12.3 Å². The molecule has 0 heterocycles. The van der Waals surface area contributed by atoms with Crippen LogP contribution in [0.3, 0.4) is 0 Å². The summed E-state index contributed by atoms with van der Waals surface area (Å²) in [6.45, 7) is 3.28. The summed E-state index contributed by atoms with van der Waals surface area (Å²) in [4.78, 5) is 59.5. The summed E-state index contributed by atoms with van der Waals surface area (Å²) in [5, 5.41) is 25.5. The summed E-state index contributed by atoms with van der Waals surface area (Å²) in [6.07, 6.45) is 1.30. The van der Waals surface area contributed by atoms with Crippen LogP contribution in [0.25, 0.3) is 0 Å². The molecule has 4 amide bonds. The van der Waals surface area contributed by atoms with Crippen LogP contribution in [0.4, 0.5) is 0 Å². The van der Waals surface area contributed by atoms with Gasteiger partial charge in [-0.1, -0.05) is 20.3 Å². The maximum atomic E-state index is 12.7. The lowest BCUT2D eigenvalue weighted by Gasteiger charge is -2.25. The lowest BCUT2D eigenvalue weighted by molar-refractivity contribution is -0.144. The molecule has 0 aromatic heterocycles. The van der Waals surface area contributed by atoms with Gasteiger partial charge in [0.05, 0.1) is 19.1 Å². The highest BCUT2D eigenvalue weighted by molar-refractivity contribution is 5.94. The molecule has 0 aliphatic rings. The van der Waals surface area contributed by atoms with Crippen molar-refractivity contribution in [3.63, 3.8) is 0 Å². The zero-order chi connectivity index (χ0) is 24.8. The Morgan fingerprint density at radius 1 is 0.875 bits per heavy atom. The van der Waals surface area contributed by atoms with Gasteiger partial charge in [-0.05, 0) is 31.7 Å². The van der Waals surface area contributed by atoms with Crippen LogP contribution in [0.2, 0.25) is 0 Å². The minimum absolute atomic E-state index is 0.00660. The van der Waals surface area contributed by atoms with Gasteiger partial charge in [0.15, 0.2) is 0 Å². The lowest BCUT2D eigenvalue weighted by Crippen LogP contribution is -2.58. The average molecular weight is 461 g/mol. The molecule has 0 spiro atoms. The van der Waals surface area contributed by atoms with Crippen molar-refractivity contribution in [1.82, 2.24) is 16.0 Å². The fourth-order valence-corrected chi connectivity index (χ4v) is 2.76. The highest BCUT2D eigenvalue weighted by Crippen LogP contribution is 2.07. The molecule has 0 saturated carbocycles. The normalized spacial score (nSPS) is 14.7. The fourth-order valence-electron chi connectivity index (χ4n) is 2.76. The predicted octanol–water partition coefficient (Wildman–Crippen LogP) is -3.10. The Morgan fingerprint density at radius 2 is 1.41 bits per heavy atom. The van der Waals surface area contributed by atoms with Crippen LogP contribution in [0.5, 0.6) is 0 Å². The number of rotatable bonds is 16. The van der Waals surface area contributed by atoms with Gasteiger partial charge < -0.3 is 43.4 Å². The summed E-state index contributed by atoms with van der Waals surface area (Å²) in [6, 6.07) is -5.01. The molecular formula is C19H36N6O7. The maximum absolute atomic E-state index is 12.7. The van der Waals surface area contributed by atoms with Crippen molar-refractivity contribution in [1.29, 1.82) is 0 Å². The van der Waals surface area contributed by atoms with Crippen molar-refractivity contribution in [2.24, 2.45) is 23.1 Å². The number of carbonyl (C=O) groups is 5. The molecule has 13 nitrogen and oxygen atoms in total. The first-order chi connectivity index (χ1) is 14.9. The SMILES string of the molecule is CC(C)CC(NC(=O)C(N)CCCCN)C(=O)NC(CO)C(=O)NC(CC(N)=O)C(=O)O. The molecule has 0 aromatic rings. The van der Waals surface area contributed by atoms with Gasteiger partial charge in [-0.15, -0.1) is 0 Å². The van der Waals surface area contributed by atoms with E-state index in [1.165, 1.54) is 0 Å². The van der Waals surface area contributed by atoms with Gasteiger partial charge in [0.25, 0.3) is 0 Å². The smallest absolute Gasteiger partial charge is 0.326 e. The van der Waals surface area contributed by atoms with E-state index in [0.717, 1.165) is 0 Å². The molecule has 11 N–H and O–H groups in total. The molecule has 0 saturated heterocycles. The molecule has 0 aromatic carbocycles. The van der Waals surface area contributed by atoms with Crippen LogP contribution >= 0.6 is 0 Å². The van der Waals surface area contributed by atoms with Crippen molar-refractivity contribution in [2.75, 3.05) is 13.2 Å². The molecule has 0 bridgehead atoms. The zero-order valence-corrected chi connectivity index (χ0v) is 18.5. The topological polar surface area (TPSA) is 240 Å². The molecule has 4 atom stereocenters. The van der Waals surface area contributed by atoms with Crippen LogP contribution < -0.4 is 33.2 Å². The third-order valence-electron chi connectivity index (χ3n) is 4.48. The van der Waals surface area contributed by atoms with Crippen molar-refractivity contribution in [3.8, 4) is 0 Å². The van der Waals surface area contributed by atoms with E-state index in [0.29, 0.717) is 25.8 Å². The fraction of sp³-hybridized carbons (Fsp3) is 0.737. The number of unbranched alkanes of at least 4 members (excludes halogenated alkanes) is 1. The Hall–Kier alpha value is -2.77. The zero-order valence-electron chi connectivity index (χ0n) is 18.5. The monoisotopic (exact) mass is 460 g/mol. The van der Waals surface area contributed by atoms with Crippen LogP contribution in [0.1, 0.15) is 46.0 Å². The third-order valence-corrected chi connectivity index (χ3v) is 4.48. The minimum Gasteiger partial charge on any atom is -0.480 e. The Labute approximate surface area is 186 Å². The quantitative estimate of drug-likeness (QED) is 0.109. The van der Waals surface area contributed by atoms with E-state index < -0.39 is 66.8 Å². The van der Waals surface area contributed by atoms with Crippen molar-refractivity contribution in [3.05, 3.63) is 0 Å². The van der Waals surface area contributed by atoms with E-state index >= 15 is 0 Å². The van der Waals surface area contributed by atoms with Crippen molar-refractivity contribution >= 4 is 29.6 Å². The number of hydrogen-bond acceptors (Lipinski definition) is 8.